The van der Waals surface area contributed by atoms with Gasteiger partial charge in [-0.05, 0) is 42.2 Å². The van der Waals surface area contributed by atoms with Crippen molar-refractivity contribution in [3.63, 3.8) is 0 Å². The lowest BCUT2D eigenvalue weighted by atomic mass is 10.1. The van der Waals surface area contributed by atoms with Crippen molar-refractivity contribution in [3.05, 3.63) is 46.8 Å². The molecule has 0 aliphatic rings. The zero-order chi connectivity index (χ0) is 15.5. The largest absolute Gasteiger partial charge is 0.385 e. The Morgan fingerprint density at radius 1 is 1.32 bits per heavy atom. The van der Waals surface area contributed by atoms with Gasteiger partial charge in [0.2, 0.25) is 0 Å². The summed E-state index contributed by atoms with van der Waals surface area (Å²) in [4.78, 5) is 16.8. The van der Waals surface area contributed by atoms with E-state index in [1.165, 1.54) is 18.5 Å². The van der Waals surface area contributed by atoms with Crippen LogP contribution in [0.25, 0.3) is 21.5 Å². The summed E-state index contributed by atoms with van der Waals surface area (Å²) in [5, 5.41) is 0. The van der Waals surface area contributed by atoms with Crippen LogP contribution < -0.4 is 5.56 Å². The number of ether oxygens (including phenoxy) is 1. The first-order valence-corrected chi connectivity index (χ1v) is 7.57. The van der Waals surface area contributed by atoms with E-state index < -0.39 is 0 Å². The first-order chi connectivity index (χ1) is 10.7. The van der Waals surface area contributed by atoms with Crippen molar-refractivity contribution < 1.29 is 9.13 Å². The highest BCUT2D eigenvalue weighted by atomic mass is 32.1. The summed E-state index contributed by atoms with van der Waals surface area (Å²) in [5.41, 5.74) is 1.81. The van der Waals surface area contributed by atoms with E-state index in [1.807, 2.05) is 0 Å². The highest BCUT2D eigenvalue weighted by molar-refractivity contribution is 7.13. The fourth-order valence-electron chi connectivity index (χ4n) is 2.19. The van der Waals surface area contributed by atoms with Crippen LogP contribution in [-0.2, 0) is 11.3 Å². The van der Waals surface area contributed by atoms with Gasteiger partial charge in [0.25, 0.3) is 5.56 Å². The summed E-state index contributed by atoms with van der Waals surface area (Å²) >= 11 is 1.12. The lowest BCUT2D eigenvalue weighted by Gasteiger charge is -2.04. The molecule has 0 aliphatic carbocycles. The van der Waals surface area contributed by atoms with Crippen molar-refractivity contribution in [2.45, 2.75) is 13.0 Å². The minimum absolute atomic E-state index is 0.105. The van der Waals surface area contributed by atoms with Gasteiger partial charge in [-0.2, -0.15) is 4.37 Å². The molecule has 0 saturated heterocycles. The molecule has 3 rings (SSSR count). The molecular weight excluding hydrogens is 305 g/mol. The second-order valence-corrected chi connectivity index (χ2v) is 5.58. The number of hydrogen-bond donors (Lipinski definition) is 0. The van der Waals surface area contributed by atoms with E-state index in [4.69, 9.17) is 4.74 Å². The van der Waals surface area contributed by atoms with Crippen LogP contribution >= 0.6 is 11.5 Å². The fraction of sp³-hybridized carbons (Fsp3) is 0.267. The van der Waals surface area contributed by atoms with E-state index in [2.05, 4.69) is 9.36 Å². The Morgan fingerprint density at radius 3 is 2.82 bits per heavy atom. The molecular formula is C15H14FN3O2S. The molecule has 7 heteroatoms. The van der Waals surface area contributed by atoms with E-state index in [9.17, 15) is 9.18 Å². The first-order valence-electron chi connectivity index (χ1n) is 6.80. The Labute approximate surface area is 130 Å². The van der Waals surface area contributed by atoms with Crippen molar-refractivity contribution in [1.82, 2.24) is 13.9 Å². The summed E-state index contributed by atoms with van der Waals surface area (Å²) in [6.45, 7) is 1.15. The second-order valence-electron chi connectivity index (χ2n) is 4.81. The van der Waals surface area contributed by atoms with Crippen molar-refractivity contribution in [2.24, 2.45) is 0 Å². The van der Waals surface area contributed by atoms with Crippen molar-refractivity contribution in [2.75, 3.05) is 13.7 Å². The van der Waals surface area contributed by atoms with Crippen molar-refractivity contribution >= 4 is 21.7 Å². The quantitative estimate of drug-likeness (QED) is 0.679. The molecule has 22 heavy (non-hydrogen) atoms. The van der Waals surface area contributed by atoms with Gasteiger partial charge >= 0.3 is 0 Å². The summed E-state index contributed by atoms with van der Waals surface area (Å²) < 4.78 is 24.4. The maximum Gasteiger partial charge on any atom is 0.272 e. The van der Waals surface area contributed by atoms with Gasteiger partial charge < -0.3 is 4.74 Å². The van der Waals surface area contributed by atoms with E-state index >= 15 is 0 Å². The highest BCUT2D eigenvalue weighted by Crippen LogP contribution is 2.27. The van der Waals surface area contributed by atoms with E-state index in [1.54, 1.807) is 23.8 Å². The minimum atomic E-state index is -0.309. The van der Waals surface area contributed by atoms with Gasteiger partial charge in [-0.25, -0.2) is 9.37 Å². The minimum Gasteiger partial charge on any atom is -0.385 e. The van der Waals surface area contributed by atoms with Crippen LogP contribution in [0.2, 0.25) is 0 Å². The topological polar surface area (TPSA) is 57.0 Å². The molecule has 0 aliphatic heterocycles. The molecule has 0 unspecified atom stereocenters. The van der Waals surface area contributed by atoms with Crippen molar-refractivity contribution in [3.8, 4) is 11.3 Å². The van der Waals surface area contributed by atoms with Crippen molar-refractivity contribution in [1.29, 1.82) is 0 Å². The smallest absolute Gasteiger partial charge is 0.272 e. The maximum absolute atomic E-state index is 13.0. The fourth-order valence-corrected chi connectivity index (χ4v) is 3.00. The molecule has 2 heterocycles. The number of rotatable bonds is 5. The zero-order valence-electron chi connectivity index (χ0n) is 12.0. The second kappa shape index (κ2) is 6.33. The summed E-state index contributed by atoms with van der Waals surface area (Å²) in [5.74, 6) is -0.309. The van der Waals surface area contributed by atoms with E-state index in [-0.39, 0.29) is 11.4 Å². The number of nitrogens with zero attached hydrogens (tertiary/aromatic N) is 3. The number of aryl methyl sites for hydroxylation is 1. The van der Waals surface area contributed by atoms with E-state index in [0.29, 0.717) is 29.1 Å². The molecule has 0 N–H and O–H groups in total. The summed E-state index contributed by atoms with van der Waals surface area (Å²) in [6.07, 6.45) is 2.27. The van der Waals surface area contributed by atoms with Crippen LogP contribution in [0.1, 0.15) is 6.42 Å². The van der Waals surface area contributed by atoms with Gasteiger partial charge in [-0.3, -0.25) is 9.36 Å². The Balaban J connectivity index is 2.00. The highest BCUT2D eigenvalue weighted by Gasteiger charge is 2.14. The van der Waals surface area contributed by atoms with Crippen LogP contribution in [0.15, 0.2) is 35.4 Å². The Hall–Kier alpha value is -2.12. The third-order valence-electron chi connectivity index (χ3n) is 3.31. The van der Waals surface area contributed by atoms with Crippen LogP contribution in [0.4, 0.5) is 4.39 Å². The van der Waals surface area contributed by atoms with Gasteiger partial charge in [0.15, 0.2) is 0 Å². The Bertz CT molecular complexity index is 842. The number of benzene rings is 1. The lowest BCUT2D eigenvalue weighted by molar-refractivity contribution is 0.190. The molecule has 5 nitrogen and oxygen atoms in total. The average molecular weight is 319 g/mol. The number of methoxy groups -OCH3 is 1. The Kier molecular flexibility index (Phi) is 4.26. The average Bonchev–Trinajstić information content (AvgIpc) is 2.95. The van der Waals surface area contributed by atoms with Crippen LogP contribution in [-0.4, -0.2) is 27.6 Å². The molecule has 0 fully saturated rings. The monoisotopic (exact) mass is 319 g/mol. The molecule has 0 saturated carbocycles. The summed E-state index contributed by atoms with van der Waals surface area (Å²) in [6, 6.07) is 6.00. The normalized spacial score (nSPS) is 11.2. The molecule has 0 spiro atoms. The number of aromatic nitrogens is 3. The molecule has 114 valence electrons. The number of halogens is 1. The van der Waals surface area contributed by atoms with Crippen LogP contribution in [0.5, 0.6) is 0 Å². The SMILES string of the molecule is COCCCn1cnc2c(-c3ccc(F)cc3)nsc2c1=O. The van der Waals surface area contributed by atoms with Gasteiger partial charge in [0.1, 0.15) is 21.7 Å². The first kappa shape index (κ1) is 14.8. The lowest BCUT2D eigenvalue weighted by Crippen LogP contribution is -2.20. The standard InChI is InChI=1S/C15H14FN3O2S/c1-21-8-2-7-19-9-17-13-12(18-22-14(13)15(19)20)10-3-5-11(16)6-4-10/h3-6,9H,2,7-8H2,1H3. The zero-order valence-corrected chi connectivity index (χ0v) is 12.8. The molecule has 3 aromatic rings. The molecule has 0 amide bonds. The maximum atomic E-state index is 13.0. The number of fused-ring (bicyclic) bond motifs is 1. The third-order valence-corrected chi connectivity index (χ3v) is 4.14. The van der Waals surface area contributed by atoms with Gasteiger partial charge in [-0.15, -0.1) is 0 Å². The predicted octanol–water partition coefficient (Wildman–Crippen LogP) is 2.70. The van der Waals surface area contributed by atoms with Crippen LogP contribution in [0, 0.1) is 5.82 Å². The molecule has 0 bridgehead atoms. The number of hydrogen-bond acceptors (Lipinski definition) is 5. The van der Waals surface area contributed by atoms with Gasteiger partial charge in [-0.1, -0.05) is 0 Å². The molecule has 1 aromatic carbocycles. The van der Waals surface area contributed by atoms with Gasteiger partial charge in [0.05, 0.1) is 6.33 Å². The molecule has 2 aromatic heterocycles. The Morgan fingerprint density at radius 2 is 2.09 bits per heavy atom. The van der Waals surface area contributed by atoms with Gasteiger partial charge in [0, 0.05) is 25.8 Å². The van der Waals surface area contributed by atoms with Crippen LogP contribution in [0.3, 0.4) is 0 Å². The summed E-state index contributed by atoms with van der Waals surface area (Å²) in [7, 11) is 1.63. The third kappa shape index (κ3) is 2.77. The molecule has 0 atom stereocenters. The molecule has 0 radical (unpaired) electrons. The van der Waals surface area contributed by atoms with E-state index in [0.717, 1.165) is 23.5 Å². The predicted molar refractivity (Wildman–Crippen MR) is 83.6 cm³/mol.